The zero-order chi connectivity index (χ0) is 20.1. The van der Waals surface area contributed by atoms with Crippen molar-refractivity contribution in [3.63, 3.8) is 0 Å². The summed E-state index contributed by atoms with van der Waals surface area (Å²) in [6.45, 7) is 3.14. The molecule has 7 nitrogen and oxygen atoms in total. The fraction of sp³-hybridized carbons (Fsp3) is 0.444. The molecule has 2 unspecified atom stereocenters. The molecule has 28 heavy (non-hydrogen) atoms. The number of carbonyl (C=O) groups is 1. The van der Waals surface area contributed by atoms with Gasteiger partial charge < -0.3 is 10.0 Å². The van der Waals surface area contributed by atoms with Gasteiger partial charge in [-0.05, 0) is 31.0 Å². The van der Waals surface area contributed by atoms with Gasteiger partial charge in [0.1, 0.15) is 0 Å². The van der Waals surface area contributed by atoms with Gasteiger partial charge in [-0.3, -0.25) is 9.88 Å². The first kappa shape index (κ1) is 20.0. The average molecular weight is 395 g/mol. The Kier molecular flexibility index (Phi) is 6.08. The topological polar surface area (TPSA) is 82.5 Å². The van der Waals surface area contributed by atoms with Crippen molar-refractivity contribution < 1.29 is 23.1 Å². The molecule has 0 radical (unpaired) electrons. The first-order chi connectivity index (χ1) is 13.4. The predicted molar refractivity (Wildman–Crippen MR) is 94.5 cm³/mol. The zero-order valence-corrected chi connectivity index (χ0v) is 15.0. The molecule has 0 aromatic carbocycles. The number of hydrogen-bond acceptors (Lipinski definition) is 6. The lowest BCUT2D eigenvalue weighted by Crippen LogP contribution is -2.37. The highest BCUT2D eigenvalue weighted by molar-refractivity contribution is 5.73. The van der Waals surface area contributed by atoms with E-state index >= 15 is 0 Å². The number of hydrogen-bond donors (Lipinski definition) is 1. The number of carboxylic acids is 1. The minimum absolute atomic E-state index is 0.552. The van der Waals surface area contributed by atoms with Gasteiger partial charge in [0.05, 0.1) is 5.69 Å². The van der Waals surface area contributed by atoms with Gasteiger partial charge in [0.15, 0.2) is 0 Å². The number of pyridine rings is 1. The third kappa shape index (κ3) is 4.75. The molecular weight excluding hydrogens is 375 g/mol. The maximum Gasteiger partial charge on any atom is 0.490 e. The minimum Gasteiger partial charge on any atom is -0.475 e. The van der Waals surface area contributed by atoms with E-state index in [1.807, 2.05) is 30.7 Å². The number of halogens is 3. The smallest absolute Gasteiger partial charge is 0.475 e. The second-order valence-electron chi connectivity index (χ2n) is 6.55. The largest absolute Gasteiger partial charge is 0.490 e. The first-order valence-electron chi connectivity index (χ1n) is 8.84. The van der Waals surface area contributed by atoms with Crippen LogP contribution in [0.15, 0.2) is 42.9 Å². The summed E-state index contributed by atoms with van der Waals surface area (Å²) in [4.78, 5) is 27.1. The number of likely N-dealkylation sites (tertiary alicyclic amines) is 1. The summed E-state index contributed by atoms with van der Waals surface area (Å²) in [7, 11) is 0. The van der Waals surface area contributed by atoms with E-state index in [0.29, 0.717) is 12.1 Å². The molecule has 0 bridgehead atoms. The number of anilines is 1. The van der Waals surface area contributed by atoms with Gasteiger partial charge in [-0.25, -0.2) is 14.8 Å². The molecule has 0 spiro atoms. The quantitative estimate of drug-likeness (QED) is 0.854. The van der Waals surface area contributed by atoms with Crippen LogP contribution in [0.4, 0.5) is 19.1 Å². The monoisotopic (exact) mass is 395 g/mol. The van der Waals surface area contributed by atoms with Crippen molar-refractivity contribution >= 4 is 11.9 Å². The number of aromatic nitrogens is 3. The molecule has 10 heteroatoms. The summed E-state index contributed by atoms with van der Waals surface area (Å²) < 4.78 is 31.7. The molecular formula is C18H20F3N5O2. The van der Waals surface area contributed by atoms with Crippen molar-refractivity contribution in [3.8, 4) is 0 Å². The van der Waals surface area contributed by atoms with Crippen molar-refractivity contribution in [2.75, 3.05) is 18.0 Å². The van der Waals surface area contributed by atoms with Crippen LogP contribution in [-0.4, -0.2) is 62.3 Å². The highest BCUT2D eigenvalue weighted by Gasteiger charge is 2.43. The Labute approximate surface area is 159 Å². The van der Waals surface area contributed by atoms with Crippen LogP contribution in [0, 0.1) is 0 Å². The highest BCUT2D eigenvalue weighted by atomic mass is 19.4. The molecule has 2 atom stereocenters. The predicted octanol–water partition coefficient (Wildman–Crippen LogP) is 2.36. The van der Waals surface area contributed by atoms with Crippen LogP contribution in [0.1, 0.15) is 18.5 Å². The van der Waals surface area contributed by atoms with E-state index in [1.165, 1.54) is 12.8 Å². The van der Waals surface area contributed by atoms with Crippen molar-refractivity contribution in [1.29, 1.82) is 0 Å². The van der Waals surface area contributed by atoms with E-state index in [4.69, 9.17) is 9.90 Å². The number of nitrogens with zero attached hydrogens (tertiary/aromatic N) is 5. The Bertz CT molecular complexity index is 776. The van der Waals surface area contributed by atoms with Crippen molar-refractivity contribution in [2.24, 2.45) is 0 Å². The molecule has 4 rings (SSSR count). The highest BCUT2D eigenvalue weighted by Crippen LogP contribution is 2.34. The lowest BCUT2D eigenvalue weighted by atomic mass is 10.1. The van der Waals surface area contributed by atoms with Crippen molar-refractivity contribution in [1.82, 2.24) is 19.9 Å². The molecule has 0 aliphatic carbocycles. The number of rotatable bonds is 3. The Morgan fingerprint density at radius 3 is 2.29 bits per heavy atom. The van der Waals surface area contributed by atoms with Crippen LogP contribution in [0.5, 0.6) is 0 Å². The maximum absolute atomic E-state index is 10.6. The van der Waals surface area contributed by atoms with Gasteiger partial charge in [0, 0.05) is 50.3 Å². The molecule has 1 N–H and O–H groups in total. The molecule has 2 fully saturated rings. The Balaban J connectivity index is 0.000000279. The van der Waals surface area contributed by atoms with Crippen LogP contribution in [0.2, 0.25) is 0 Å². The summed E-state index contributed by atoms with van der Waals surface area (Å²) in [5, 5.41) is 7.12. The number of alkyl halides is 3. The van der Waals surface area contributed by atoms with Crippen LogP contribution in [-0.2, 0) is 11.3 Å². The minimum atomic E-state index is -5.08. The maximum atomic E-state index is 10.6. The molecule has 4 heterocycles. The van der Waals surface area contributed by atoms with E-state index in [9.17, 15) is 13.2 Å². The molecule has 0 saturated carbocycles. The van der Waals surface area contributed by atoms with Crippen LogP contribution in [0.3, 0.4) is 0 Å². The van der Waals surface area contributed by atoms with Gasteiger partial charge in [-0.15, -0.1) is 0 Å². The second kappa shape index (κ2) is 8.51. The lowest BCUT2D eigenvalue weighted by Gasteiger charge is -2.25. The fourth-order valence-corrected chi connectivity index (χ4v) is 3.66. The zero-order valence-electron chi connectivity index (χ0n) is 15.0. The third-order valence-electron chi connectivity index (χ3n) is 4.83. The number of carboxylic acid groups (broad SMARTS) is 1. The summed E-state index contributed by atoms with van der Waals surface area (Å²) in [5.41, 5.74) is 1.16. The standard InChI is InChI=1S/C16H19N5.C2HF3O2/c1-2-7-17-13(4-1)12-20-10-5-15-14(20)6-11-21(15)16-18-8-3-9-19-16;3-2(4,5)1(6)7/h1-4,7-9,14-15H,5-6,10-12H2;(H,6,7). The average Bonchev–Trinajstić information content (AvgIpc) is 3.26. The molecule has 2 aromatic heterocycles. The third-order valence-corrected chi connectivity index (χ3v) is 4.83. The summed E-state index contributed by atoms with van der Waals surface area (Å²) in [5.74, 6) is -1.88. The van der Waals surface area contributed by atoms with Crippen molar-refractivity contribution in [3.05, 3.63) is 48.5 Å². The van der Waals surface area contributed by atoms with Crippen LogP contribution < -0.4 is 4.90 Å². The fourth-order valence-electron chi connectivity index (χ4n) is 3.66. The Morgan fingerprint density at radius 2 is 1.68 bits per heavy atom. The first-order valence-corrected chi connectivity index (χ1v) is 8.84. The van der Waals surface area contributed by atoms with Crippen LogP contribution in [0.25, 0.3) is 0 Å². The summed E-state index contributed by atoms with van der Waals surface area (Å²) in [6, 6.07) is 9.18. The molecule has 2 aromatic rings. The van der Waals surface area contributed by atoms with Gasteiger partial charge in [0.2, 0.25) is 5.95 Å². The second-order valence-corrected chi connectivity index (χ2v) is 6.55. The number of aliphatic carboxylic acids is 1. The molecule has 2 saturated heterocycles. The van der Waals surface area contributed by atoms with E-state index in [1.54, 1.807) is 0 Å². The van der Waals surface area contributed by atoms with E-state index < -0.39 is 12.1 Å². The van der Waals surface area contributed by atoms with Crippen LogP contribution >= 0.6 is 0 Å². The summed E-state index contributed by atoms with van der Waals surface area (Å²) in [6.07, 6.45) is 2.83. The van der Waals surface area contributed by atoms with Gasteiger partial charge >= 0.3 is 12.1 Å². The lowest BCUT2D eigenvalue weighted by molar-refractivity contribution is -0.192. The summed E-state index contributed by atoms with van der Waals surface area (Å²) >= 11 is 0. The number of fused-ring (bicyclic) bond motifs is 1. The SMILES string of the molecule is O=C(O)C(F)(F)F.c1ccc(CN2CCC3C2CCN3c2ncccn2)nc1. The van der Waals surface area contributed by atoms with Gasteiger partial charge in [-0.1, -0.05) is 6.07 Å². The molecule has 2 aliphatic heterocycles. The molecule has 2 aliphatic rings. The Morgan fingerprint density at radius 1 is 1.04 bits per heavy atom. The Hall–Kier alpha value is -2.75. The van der Waals surface area contributed by atoms with E-state index in [2.05, 4.69) is 36.9 Å². The molecule has 0 amide bonds. The normalized spacial score (nSPS) is 21.8. The van der Waals surface area contributed by atoms with E-state index in [-0.39, 0.29) is 0 Å². The van der Waals surface area contributed by atoms with E-state index in [0.717, 1.165) is 31.3 Å². The molecule has 150 valence electrons. The van der Waals surface area contributed by atoms with Gasteiger partial charge in [-0.2, -0.15) is 13.2 Å². The van der Waals surface area contributed by atoms with Crippen molar-refractivity contribution in [2.45, 2.75) is 37.6 Å². The van der Waals surface area contributed by atoms with Gasteiger partial charge in [0.25, 0.3) is 0 Å².